The van der Waals surface area contributed by atoms with Crippen LogP contribution < -0.4 is 11.1 Å². The van der Waals surface area contributed by atoms with Crippen molar-refractivity contribution in [3.8, 4) is 0 Å². The molecule has 0 fully saturated rings. The van der Waals surface area contributed by atoms with E-state index in [4.69, 9.17) is 5.73 Å². The lowest BCUT2D eigenvalue weighted by atomic mass is 9.92. The summed E-state index contributed by atoms with van der Waals surface area (Å²) in [6.07, 6.45) is 2.13. The summed E-state index contributed by atoms with van der Waals surface area (Å²) in [5.74, 6) is 0.0474. The molecule has 0 unspecified atom stereocenters. The molecule has 0 aliphatic heterocycles. The maximum absolute atomic E-state index is 12.0. The lowest BCUT2D eigenvalue weighted by Crippen LogP contribution is -2.53. The predicted molar refractivity (Wildman–Crippen MR) is 83.4 cm³/mol. The SMILES string of the molecule is CCC(CC)(CN)NC(=O)Cc1cccc(I)c1. The Morgan fingerprint density at radius 1 is 1.39 bits per heavy atom. The van der Waals surface area contributed by atoms with Crippen LogP contribution in [0, 0.1) is 3.57 Å². The molecule has 4 heteroatoms. The maximum atomic E-state index is 12.0. The number of nitrogens with one attached hydrogen (secondary N) is 1. The zero-order valence-corrected chi connectivity index (χ0v) is 13.2. The number of carbonyl (C=O) groups is 1. The number of hydrogen-bond acceptors (Lipinski definition) is 2. The molecular formula is C14H21IN2O. The van der Waals surface area contributed by atoms with Gasteiger partial charge in [0.25, 0.3) is 0 Å². The summed E-state index contributed by atoms with van der Waals surface area (Å²) < 4.78 is 1.15. The van der Waals surface area contributed by atoms with Crippen molar-refractivity contribution in [1.82, 2.24) is 5.32 Å². The zero-order valence-electron chi connectivity index (χ0n) is 11.0. The number of nitrogens with two attached hydrogens (primary N) is 1. The zero-order chi connectivity index (χ0) is 13.6. The van der Waals surface area contributed by atoms with Gasteiger partial charge in [0.15, 0.2) is 0 Å². The Bertz CT molecular complexity index is 394. The molecule has 0 radical (unpaired) electrons. The smallest absolute Gasteiger partial charge is 0.224 e. The van der Waals surface area contributed by atoms with Gasteiger partial charge in [0, 0.05) is 10.1 Å². The largest absolute Gasteiger partial charge is 0.349 e. The van der Waals surface area contributed by atoms with E-state index < -0.39 is 0 Å². The molecule has 0 heterocycles. The number of amides is 1. The van der Waals surface area contributed by atoms with Crippen molar-refractivity contribution in [3.05, 3.63) is 33.4 Å². The first-order chi connectivity index (χ1) is 8.55. The van der Waals surface area contributed by atoms with Gasteiger partial charge in [-0.15, -0.1) is 0 Å². The summed E-state index contributed by atoms with van der Waals surface area (Å²) in [4.78, 5) is 12.0. The Morgan fingerprint density at radius 2 is 2.06 bits per heavy atom. The molecule has 1 aromatic carbocycles. The quantitative estimate of drug-likeness (QED) is 0.766. The summed E-state index contributed by atoms with van der Waals surface area (Å²) in [6.45, 7) is 4.60. The van der Waals surface area contributed by atoms with Crippen molar-refractivity contribution in [1.29, 1.82) is 0 Å². The van der Waals surface area contributed by atoms with Gasteiger partial charge < -0.3 is 11.1 Å². The highest BCUT2D eigenvalue weighted by Gasteiger charge is 2.26. The van der Waals surface area contributed by atoms with Gasteiger partial charge in [-0.25, -0.2) is 0 Å². The molecule has 0 aliphatic rings. The van der Waals surface area contributed by atoms with Crippen LogP contribution >= 0.6 is 22.6 Å². The molecule has 0 atom stereocenters. The van der Waals surface area contributed by atoms with Gasteiger partial charge in [-0.2, -0.15) is 0 Å². The number of hydrogen-bond donors (Lipinski definition) is 2. The molecule has 3 nitrogen and oxygen atoms in total. The van der Waals surface area contributed by atoms with Crippen LogP contribution in [-0.2, 0) is 11.2 Å². The van der Waals surface area contributed by atoms with E-state index >= 15 is 0 Å². The van der Waals surface area contributed by atoms with Crippen LogP contribution in [0.25, 0.3) is 0 Å². The summed E-state index contributed by atoms with van der Waals surface area (Å²) in [5.41, 5.74) is 6.57. The van der Waals surface area contributed by atoms with Crippen LogP contribution in [0.1, 0.15) is 32.3 Å². The Labute approximate surface area is 123 Å². The van der Waals surface area contributed by atoms with E-state index in [1.54, 1.807) is 0 Å². The maximum Gasteiger partial charge on any atom is 0.224 e. The highest BCUT2D eigenvalue weighted by atomic mass is 127. The van der Waals surface area contributed by atoms with Crippen molar-refractivity contribution in [2.45, 2.75) is 38.6 Å². The van der Waals surface area contributed by atoms with E-state index in [2.05, 4.69) is 41.8 Å². The van der Waals surface area contributed by atoms with E-state index in [1.807, 2.05) is 24.3 Å². The molecule has 0 bridgehead atoms. The van der Waals surface area contributed by atoms with E-state index in [0.717, 1.165) is 22.0 Å². The van der Waals surface area contributed by atoms with Crippen LogP contribution in [0.3, 0.4) is 0 Å². The Hall–Kier alpha value is -0.620. The van der Waals surface area contributed by atoms with Crippen molar-refractivity contribution in [3.63, 3.8) is 0 Å². The second kappa shape index (κ2) is 7.09. The minimum atomic E-state index is -0.251. The number of halogens is 1. The van der Waals surface area contributed by atoms with Crippen LogP contribution in [-0.4, -0.2) is 18.0 Å². The van der Waals surface area contributed by atoms with Gasteiger partial charge in [-0.3, -0.25) is 4.79 Å². The molecule has 1 aromatic rings. The summed E-state index contributed by atoms with van der Waals surface area (Å²) in [5, 5.41) is 3.08. The lowest BCUT2D eigenvalue weighted by molar-refractivity contribution is -0.122. The molecule has 0 saturated heterocycles. The summed E-state index contributed by atoms with van der Waals surface area (Å²) in [6, 6.07) is 8.00. The first-order valence-electron chi connectivity index (χ1n) is 6.30. The van der Waals surface area contributed by atoms with Crippen molar-refractivity contribution >= 4 is 28.5 Å². The second-order valence-corrected chi connectivity index (χ2v) is 5.79. The number of rotatable bonds is 6. The molecule has 3 N–H and O–H groups in total. The fourth-order valence-corrected chi connectivity index (χ4v) is 2.55. The number of carbonyl (C=O) groups excluding carboxylic acids is 1. The molecule has 18 heavy (non-hydrogen) atoms. The van der Waals surface area contributed by atoms with E-state index in [1.165, 1.54) is 0 Å². The third-order valence-electron chi connectivity index (χ3n) is 3.40. The topological polar surface area (TPSA) is 55.1 Å². The first kappa shape index (κ1) is 15.4. The van der Waals surface area contributed by atoms with Gasteiger partial charge >= 0.3 is 0 Å². The average molecular weight is 360 g/mol. The fraction of sp³-hybridized carbons (Fsp3) is 0.500. The molecule has 0 spiro atoms. The Morgan fingerprint density at radius 3 is 2.56 bits per heavy atom. The summed E-state index contributed by atoms with van der Waals surface area (Å²) in [7, 11) is 0. The average Bonchev–Trinajstić information content (AvgIpc) is 2.36. The third kappa shape index (κ3) is 4.24. The Kier molecular flexibility index (Phi) is 6.08. The van der Waals surface area contributed by atoms with Crippen molar-refractivity contribution < 1.29 is 4.79 Å². The lowest BCUT2D eigenvalue weighted by Gasteiger charge is -2.31. The minimum Gasteiger partial charge on any atom is -0.349 e. The van der Waals surface area contributed by atoms with Crippen LogP contribution in [0.4, 0.5) is 0 Å². The van der Waals surface area contributed by atoms with E-state index in [-0.39, 0.29) is 11.4 Å². The monoisotopic (exact) mass is 360 g/mol. The standard InChI is InChI=1S/C14H21IN2O/c1-3-14(4-2,10-16)17-13(18)9-11-6-5-7-12(15)8-11/h5-8H,3-4,9-10,16H2,1-2H3,(H,17,18). The fourth-order valence-electron chi connectivity index (χ4n) is 1.94. The normalized spacial score (nSPS) is 11.3. The van der Waals surface area contributed by atoms with Crippen LogP contribution in [0.15, 0.2) is 24.3 Å². The molecule has 1 amide bonds. The highest BCUT2D eigenvalue weighted by Crippen LogP contribution is 2.14. The molecule has 0 saturated carbocycles. The van der Waals surface area contributed by atoms with Gasteiger partial charge in [0.2, 0.25) is 5.91 Å². The third-order valence-corrected chi connectivity index (χ3v) is 4.07. The minimum absolute atomic E-state index is 0.0474. The first-order valence-corrected chi connectivity index (χ1v) is 7.38. The van der Waals surface area contributed by atoms with Crippen molar-refractivity contribution in [2.75, 3.05) is 6.54 Å². The van der Waals surface area contributed by atoms with Crippen molar-refractivity contribution in [2.24, 2.45) is 5.73 Å². The number of benzene rings is 1. The molecule has 0 aliphatic carbocycles. The predicted octanol–water partition coefficient (Wildman–Crippen LogP) is 2.47. The Balaban J connectivity index is 2.66. The molecular weight excluding hydrogens is 339 g/mol. The van der Waals surface area contributed by atoms with E-state index in [0.29, 0.717) is 13.0 Å². The van der Waals surface area contributed by atoms with Gasteiger partial charge in [-0.1, -0.05) is 26.0 Å². The molecule has 100 valence electrons. The van der Waals surface area contributed by atoms with Crippen LogP contribution in [0.2, 0.25) is 0 Å². The van der Waals surface area contributed by atoms with Crippen LogP contribution in [0.5, 0.6) is 0 Å². The van der Waals surface area contributed by atoms with Gasteiger partial charge in [-0.05, 0) is 53.1 Å². The van der Waals surface area contributed by atoms with Gasteiger partial charge in [0.05, 0.1) is 12.0 Å². The second-order valence-electron chi connectivity index (χ2n) is 4.55. The van der Waals surface area contributed by atoms with E-state index in [9.17, 15) is 4.79 Å². The molecule has 1 rings (SSSR count). The van der Waals surface area contributed by atoms with Gasteiger partial charge in [0.1, 0.15) is 0 Å². The highest BCUT2D eigenvalue weighted by molar-refractivity contribution is 14.1. The summed E-state index contributed by atoms with van der Waals surface area (Å²) >= 11 is 2.25. The molecule has 0 aromatic heterocycles.